The molecular weight excluding hydrogens is 340 g/mol. The predicted octanol–water partition coefficient (Wildman–Crippen LogP) is 5.47. The maximum atomic E-state index is 6.18. The first-order valence-corrected chi connectivity index (χ1v) is 8.81. The Bertz CT molecular complexity index is 1030. The highest BCUT2D eigenvalue weighted by Crippen LogP contribution is 2.31. The summed E-state index contributed by atoms with van der Waals surface area (Å²) in [4.78, 5) is 9.33. The Morgan fingerprint density at radius 3 is 2.83 bits per heavy atom. The van der Waals surface area contributed by atoms with E-state index in [-0.39, 0.29) is 0 Å². The molecule has 0 unspecified atom stereocenters. The van der Waals surface area contributed by atoms with Crippen molar-refractivity contribution in [3.8, 4) is 11.4 Å². The van der Waals surface area contributed by atoms with E-state index in [0.717, 1.165) is 44.1 Å². The summed E-state index contributed by atoms with van der Waals surface area (Å²) in [5, 5.41) is 6.98. The number of thiazole rings is 1. The molecule has 0 saturated carbocycles. The van der Waals surface area contributed by atoms with Crippen molar-refractivity contribution in [2.75, 3.05) is 5.32 Å². The monoisotopic (exact) mass is 354 g/mol. The second kappa shape index (κ2) is 5.92. The van der Waals surface area contributed by atoms with Crippen LogP contribution < -0.4 is 5.32 Å². The van der Waals surface area contributed by atoms with Crippen molar-refractivity contribution in [3.63, 3.8) is 0 Å². The number of hydrogen-bond acceptors (Lipinski definition) is 4. The van der Waals surface area contributed by atoms with Crippen molar-refractivity contribution >= 4 is 39.4 Å². The Hall–Kier alpha value is -2.37. The molecule has 1 aromatic carbocycles. The number of imidazole rings is 1. The van der Waals surface area contributed by atoms with E-state index in [1.807, 2.05) is 61.8 Å². The molecule has 0 aliphatic rings. The van der Waals surface area contributed by atoms with Gasteiger partial charge in [0.25, 0.3) is 0 Å². The van der Waals surface area contributed by atoms with Crippen LogP contribution in [-0.4, -0.2) is 14.4 Å². The molecule has 0 saturated heterocycles. The second-order valence-electron chi connectivity index (χ2n) is 5.55. The van der Waals surface area contributed by atoms with Crippen LogP contribution in [0, 0.1) is 13.8 Å². The molecule has 3 aromatic heterocycles. The minimum absolute atomic E-state index is 0.745. The van der Waals surface area contributed by atoms with Crippen molar-refractivity contribution in [1.82, 2.24) is 14.4 Å². The maximum Gasteiger partial charge on any atom is 0.187 e. The Morgan fingerprint density at radius 2 is 1.96 bits per heavy atom. The summed E-state index contributed by atoms with van der Waals surface area (Å²) < 4.78 is 2.07. The molecule has 0 radical (unpaired) electrons. The summed E-state index contributed by atoms with van der Waals surface area (Å²) in [6, 6.07) is 11.8. The first kappa shape index (κ1) is 15.2. The van der Waals surface area contributed by atoms with Gasteiger partial charge in [-0.05, 0) is 43.7 Å². The first-order chi connectivity index (χ1) is 11.6. The number of rotatable bonds is 3. The zero-order chi connectivity index (χ0) is 16.7. The van der Waals surface area contributed by atoms with Crippen molar-refractivity contribution in [2.45, 2.75) is 13.8 Å². The van der Waals surface area contributed by atoms with E-state index < -0.39 is 0 Å². The number of fused-ring (bicyclic) bond motifs is 1. The van der Waals surface area contributed by atoms with Crippen LogP contribution in [0.1, 0.15) is 11.3 Å². The van der Waals surface area contributed by atoms with Gasteiger partial charge in [-0.1, -0.05) is 23.7 Å². The lowest BCUT2D eigenvalue weighted by atomic mass is 10.2. The van der Waals surface area contributed by atoms with Crippen LogP contribution in [0.4, 0.5) is 10.8 Å². The lowest BCUT2D eigenvalue weighted by Gasteiger charge is -2.07. The lowest BCUT2D eigenvalue weighted by molar-refractivity contribution is 1.17. The molecule has 0 aliphatic carbocycles. The Labute approximate surface area is 148 Å². The standard InChI is InChI=1S/C18H15ClN4S/c1-11-13(19)6-5-7-14(11)21-18-22-15(10-24-18)17-12(2)20-16-8-3-4-9-23(16)17/h3-10H,1-2H3,(H,21,22). The van der Waals surface area contributed by atoms with Crippen LogP contribution >= 0.6 is 22.9 Å². The number of anilines is 2. The molecule has 0 fully saturated rings. The largest absolute Gasteiger partial charge is 0.331 e. The summed E-state index contributed by atoms with van der Waals surface area (Å²) in [7, 11) is 0. The molecule has 24 heavy (non-hydrogen) atoms. The fourth-order valence-corrected chi connectivity index (χ4v) is 3.60. The van der Waals surface area contributed by atoms with Gasteiger partial charge in [0.1, 0.15) is 11.3 Å². The molecule has 0 spiro atoms. The van der Waals surface area contributed by atoms with Gasteiger partial charge in [-0.15, -0.1) is 11.3 Å². The highest BCUT2D eigenvalue weighted by Gasteiger charge is 2.14. The fourth-order valence-electron chi connectivity index (χ4n) is 2.72. The topological polar surface area (TPSA) is 42.2 Å². The third-order valence-corrected chi connectivity index (χ3v) is 5.13. The number of aryl methyl sites for hydroxylation is 1. The van der Waals surface area contributed by atoms with Crippen molar-refractivity contribution in [2.24, 2.45) is 0 Å². The molecule has 0 bridgehead atoms. The van der Waals surface area contributed by atoms with Crippen LogP contribution in [0.15, 0.2) is 48.0 Å². The normalized spacial score (nSPS) is 11.1. The number of benzene rings is 1. The number of nitrogens with zero attached hydrogens (tertiary/aromatic N) is 3. The highest BCUT2D eigenvalue weighted by molar-refractivity contribution is 7.14. The molecule has 120 valence electrons. The minimum atomic E-state index is 0.745. The van der Waals surface area contributed by atoms with Gasteiger partial charge in [0, 0.05) is 22.3 Å². The van der Waals surface area contributed by atoms with E-state index in [1.54, 1.807) is 11.3 Å². The van der Waals surface area contributed by atoms with E-state index in [1.165, 1.54) is 0 Å². The van der Waals surface area contributed by atoms with E-state index in [4.69, 9.17) is 16.6 Å². The van der Waals surface area contributed by atoms with Crippen molar-refractivity contribution in [1.29, 1.82) is 0 Å². The molecule has 6 heteroatoms. The average molecular weight is 355 g/mol. The number of aromatic nitrogens is 3. The number of hydrogen-bond donors (Lipinski definition) is 1. The quantitative estimate of drug-likeness (QED) is 0.530. The van der Waals surface area contributed by atoms with Crippen LogP contribution in [0.3, 0.4) is 0 Å². The van der Waals surface area contributed by atoms with E-state index in [2.05, 4.69) is 14.7 Å². The molecule has 0 atom stereocenters. The van der Waals surface area contributed by atoms with Gasteiger partial charge >= 0.3 is 0 Å². The van der Waals surface area contributed by atoms with E-state index in [0.29, 0.717) is 0 Å². The van der Waals surface area contributed by atoms with Gasteiger partial charge in [0.15, 0.2) is 5.13 Å². The SMILES string of the molecule is Cc1nc2ccccn2c1-c1csc(Nc2cccc(Cl)c2C)n1. The smallest absolute Gasteiger partial charge is 0.187 e. The van der Waals surface area contributed by atoms with Gasteiger partial charge in [-0.3, -0.25) is 4.40 Å². The van der Waals surface area contributed by atoms with E-state index in [9.17, 15) is 0 Å². The second-order valence-corrected chi connectivity index (χ2v) is 6.82. The lowest BCUT2D eigenvalue weighted by Crippen LogP contribution is -1.94. The van der Waals surface area contributed by atoms with E-state index >= 15 is 0 Å². The summed E-state index contributed by atoms with van der Waals surface area (Å²) in [5.41, 5.74) is 5.83. The van der Waals surface area contributed by atoms with Gasteiger partial charge in [-0.2, -0.15) is 0 Å². The molecule has 4 rings (SSSR count). The average Bonchev–Trinajstić information content (AvgIpc) is 3.14. The van der Waals surface area contributed by atoms with Gasteiger partial charge in [0.05, 0.1) is 11.4 Å². The number of halogens is 1. The fraction of sp³-hybridized carbons (Fsp3) is 0.111. The third-order valence-electron chi connectivity index (χ3n) is 3.96. The van der Waals surface area contributed by atoms with Crippen LogP contribution in [-0.2, 0) is 0 Å². The number of nitrogens with one attached hydrogen (secondary N) is 1. The molecule has 4 nitrogen and oxygen atoms in total. The molecular formula is C18H15ClN4S. The summed E-state index contributed by atoms with van der Waals surface area (Å²) in [6.45, 7) is 4.00. The van der Waals surface area contributed by atoms with Crippen LogP contribution in [0.2, 0.25) is 5.02 Å². The Morgan fingerprint density at radius 1 is 1.08 bits per heavy atom. The summed E-state index contributed by atoms with van der Waals surface area (Å²) in [6.07, 6.45) is 2.01. The maximum absolute atomic E-state index is 6.18. The minimum Gasteiger partial charge on any atom is -0.331 e. The molecule has 4 aromatic rings. The summed E-state index contributed by atoms with van der Waals surface area (Å²) >= 11 is 7.75. The first-order valence-electron chi connectivity index (χ1n) is 7.55. The molecule has 0 amide bonds. The van der Waals surface area contributed by atoms with Crippen molar-refractivity contribution < 1.29 is 0 Å². The van der Waals surface area contributed by atoms with Crippen LogP contribution in [0.25, 0.3) is 17.0 Å². The highest BCUT2D eigenvalue weighted by atomic mass is 35.5. The van der Waals surface area contributed by atoms with Crippen LogP contribution in [0.5, 0.6) is 0 Å². The molecule has 0 aliphatic heterocycles. The van der Waals surface area contributed by atoms with Gasteiger partial charge in [-0.25, -0.2) is 9.97 Å². The van der Waals surface area contributed by atoms with Crippen molar-refractivity contribution in [3.05, 3.63) is 64.3 Å². The predicted molar refractivity (Wildman–Crippen MR) is 101 cm³/mol. The third kappa shape index (κ3) is 2.56. The molecule has 3 heterocycles. The Kier molecular flexibility index (Phi) is 3.75. The summed E-state index contributed by atoms with van der Waals surface area (Å²) in [5.74, 6) is 0. The Balaban J connectivity index is 1.72. The zero-order valence-corrected chi connectivity index (χ0v) is 14.8. The number of pyridine rings is 1. The zero-order valence-electron chi connectivity index (χ0n) is 13.2. The van der Waals surface area contributed by atoms with Gasteiger partial charge in [0.2, 0.25) is 0 Å². The molecule has 1 N–H and O–H groups in total. The van der Waals surface area contributed by atoms with Gasteiger partial charge < -0.3 is 5.32 Å².